The number of hydrogen-bond donors (Lipinski definition) is 2. The van der Waals surface area contributed by atoms with Gasteiger partial charge in [-0.25, -0.2) is 4.79 Å². The number of rotatable bonds is 3. The first kappa shape index (κ1) is 18.0. The SMILES string of the molecule is CC(C)n1c(=O)[nH]c2cc(C(=O)NC3CCOc4ccccc43)ccc2c1=O. The Bertz CT molecular complexity index is 1180. The molecule has 7 nitrogen and oxygen atoms in total. The molecule has 7 heteroatoms. The zero-order chi connectivity index (χ0) is 19.8. The second-order valence-electron chi connectivity index (χ2n) is 7.16. The van der Waals surface area contributed by atoms with E-state index in [1.54, 1.807) is 32.0 Å². The Morgan fingerprint density at radius 3 is 2.79 bits per heavy atom. The minimum atomic E-state index is -0.483. The van der Waals surface area contributed by atoms with Gasteiger partial charge in [0.1, 0.15) is 5.75 Å². The second kappa shape index (κ2) is 6.99. The van der Waals surface area contributed by atoms with E-state index in [9.17, 15) is 14.4 Å². The summed E-state index contributed by atoms with van der Waals surface area (Å²) < 4.78 is 6.80. The van der Waals surface area contributed by atoms with Gasteiger partial charge in [0.05, 0.1) is 23.6 Å². The van der Waals surface area contributed by atoms with Gasteiger partial charge >= 0.3 is 5.69 Å². The molecule has 3 aromatic rings. The highest BCUT2D eigenvalue weighted by Gasteiger charge is 2.23. The summed E-state index contributed by atoms with van der Waals surface area (Å²) in [6, 6.07) is 12.0. The van der Waals surface area contributed by atoms with Crippen molar-refractivity contribution in [2.24, 2.45) is 0 Å². The summed E-state index contributed by atoms with van der Waals surface area (Å²) in [6.45, 7) is 4.08. The third-order valence-electron chi connectivity index (χ3n) is 4.97. The van der Waals surface area contributed by atoms with Gasteiger partial charge in [0, 0.05) is 23.6 Å². The first-order valence-electron chi connectivity index (χ1n) is 9.27. The van der Waals surface area contributed by atoms with Crippen LogP contribution in [0.4, 0.5) is 0 Å². The number of amides is 1. The van der Waals surface area contributed by atoms with Crippen molar-refractivity contribution in [1.29, 1.82) is 0 Å². The summed E-state index contributed by atoms with van der Waals surface area (Å²) in [6.07, 6.45) is 0.673. The van der Waals surface area contributed by atoms with Crippen molar-refractivity contribution in [3.05, 3.63) is 74.4 Å². The van der Waals surface area contributed by atoms with Crippen LogP contribution in [0.5, 0.6) is 5.75 Å². The average Bonchev–Trinajstić information content (AvgIpc) is 2.67. The Balaban J connectivity index is 1.67. The molecule has 2 N–H and O–H groups in total. The van der Waals surface area contributed by atoms with E-state index >= 15 is 0 Å². The van der Waals surface area contributed by atoms with E-state index in [4.69, 9.17) is 4.74 Å². The molecule has 0 saturated carbocycles. The Morgan fingerprint density at radius 1 is 1.21 bits per heavy atom. The Morgan fingerprint density at radius 2 is 2.00 bits per heavy atom. The maximum atomic E-state index is 12.8. The number of nitrogens with one attached hydrogen (secondary N) is 2. The van der Waals surface area contributed by atoms with Crippen molar-refractivity contribution in [2.75, 3.05) is 6.61 Å². The highest BCUT2D eigenvalue weighted by atomic mass is 16.5. The van der Waals surface area contributed by atoms with Crippen LogP contribution in [0.2, 0.25) is 0 Å². The van der Waals surface area contributed by atoms with Crippen molar-refractivity contribution >= 4 is 16.8 Å². The summed E-state index contributed by atoms with van der Waals surface area (Å²) in [5.41, 5.74) is 0.833. The molecular formula is C21H21N3O4. The largest absolute Gasteiger partial charge is 0.493 e. The number of nitrogens with zero attached hydrogens (tertiary/aromatic N) is 1. The topological polar surface area (TPSA) is 93.2 Å². The van der Waals surface area contributed by atoms with Crippen LogP contribution in [-0.4, -0.2) is 22.1 Å². The van der Waals surface area contributed by atoms with Crippen LogP contribution in [0.3, 0.4) is 0 Å². The van der Waals surface area contributed by atoms with Gasteiger partial charge in [-0.15, -0.1) is 0 Å². The fourth-order valence-electron chi connectivity index (χ4n) is 3.58. The summed E-state index contributed by atoms with van der Waals surface area (Å²) in [4.78, 5) is 40.3. The smallest absolute Gasteiger partial charge is 0.329 e. The molecule has 0 fully saturated rings. The fourth-order valence-corrected chi connectivity index (χ4v) is 3.58. The number of para-hydroxylation sites is 1. The number of aromatic nitrogens is 2. The average molecular weight is 379 g/mol. The molecular weight excluding hydrogens is 358 g/mol. The number of fused-ring (bicyclic) bond motifs is 2. The van der Waals surface area contributed by atoms with Gasteiger partial charge in [-0.3, -0.25) is 14.2 Å². The number of hydrogen-bond acceptors (Lipinski definition) is 4. The molecule has 0 radical (unpaired) electrons. The van der Waals surface area contributed by atoms with Crippen molar-refractivity contribution in [1.82, 2.24) is 14.9 Å². The molecule has 4 rings (SSSR count). The van der Waals surface area contributed by atoms with Crippen molar-refractivity contribution in [2.45, 2.75) is 32.4 Å². The standard InChI is InChI=1S/C21H21N3O4/c1-12(2)24-20(26)15-8-7-13(11-17(15)23-21(24)27)19(25)22-16-9-10-28-18-6-4-3-5-14(16)18/h3-8,11-12,16H,9-10H2,1-2H3,(H,22,25)(H,23,27). The summed E-state index contributed by atoms with van der Waals surface area (Å²) in [7, 11) is 0. The molecule has 2 heterocycles. The zero-order valence-electron chi connectivity index (χ0n) is 15.7. The van der Waals surface area contributed by atoms with Gasteiger partial charge in [-0.1, -0.05) is 18.2 Å². The lowest BCUT2D eigenvalue weighted by Gasteiger charge is -2.26. The highest BCUT2D eigenvalue weighted by Crippen LogP contribution is 2.31. The maximum absolute atomic E-state index is 12.8. The number of benzene rings is 2. The summed E-state index contributed by atoms with van der Waals surface area (Å²) in [5, 5.41) is 3.40. The third-order valence-corrected chi connectivity index (χ3v) is 4.97. The predicted molar refractivity (Wildman–Crippen MR) is 106 cm³/mol. The normalized spacial score (nSPS) is 15.9. The zero-order valence-corrected chi connectivity index (χ0v) is 15.7. The van der Waals surface area contributed by atoms with E-state index < -0.39 is 5.69 Å². The molecule has 0 bridgehead atoms. The van der Waals surface area contributed by atoms with Crippen LogP contribution in [-0.2, 0) is 0 Å². The number of carbonyl (C=O) groups excluding carboxylic acids is 1. The second-order valence-corrected chi connectivity index (χ2v) is 7.16. The lowest BCUT2D eigenvalue weighted by molar-refractivity contribution is 0.0925. The fraction of sp³-hybridized carbons (Fsp3) is 0.286. The predicted octanol–water partition coefficient (Wildman–Crippen LogP) is 2.52. The monoisotopic (exact) mass is 379 g/mol. The molecule has 1 aliphatic rings. The first-order valence-corrected chi connectivity index (χ1v) is 9.27. The van der Waals surface area contributed by atoms with Crippen LogP contribution >= 0.6 is 0 Å². The molecule has 1 amide bonds. The molecule has 0 aliphatic carbocycles. The number of aromatic amines is 1. The van der Waals surface area contributed by atoms with Gasteiger partial charge in [0.2, 0.25) is 0 Å². The van der Waals surface area contributed by atoms with Crippen LogP contribution in [0.1, 0.15) is 48.3 Å². The van der Waals surface area contributed by atoms with E-state index in [1.807, 2.05) is 24.3 Å². The van der Waals surface area contributed by atoms with Crippen LogP contribution in [0.15, 0.2) is 52.1 Å². The lowest BCUT2D eigenvalue weighted by Crippen LogP contribution is -2.36. The quantitative estimate of drug-likeness (QED) is 0.731. The molecule has 28 heavy (non-hydrogen) atoms. The summed E-state index contributed by atoms with van der Waals surface area (Å²) >= 11 is 0. The molecule has 144 valence electrons. The number of carbonyl (C=O) groups is 1. The van der Waals surface area contributed by atoms with Gasteiger partial charge in [-0.05, 0) is 38.1 Å². The van der Waals surface area contributed by atoms with Gasteiger partial charge in [0.25, 0.3) is 11.5 Å². The first-order chi connectivity index (χ1) is 13.5. The van der Waals surface area contributed by atoms with Crippen molar-refractivity contribution in [3.8, 4) is 5.75 Å². The van der Waals surface area contributed by atoms with Gasteiger partial charge < -0.3 is 15.0 Å². The van der Waals surface area contributed by atoms with Gasteiger partial charge in [-0.2, -0.15) is 0 Å². The molecule has 1 unspecified atom stereocenters. The van der Waals surface area contributed by atoms with Crippen molar-refractivity contribution in [3.63, 3.8) is 0 Å². The number of ether oxygens (including phenoxy) is 1. The molecule has 1 aliphatic heterocycles. The molecule has 1 atom stereocenters. The lowest BCUT2D eigenvalue weighted by atomic mass is 10.00. The van der Waals surface area contributed by atoms with Gasteiger partial charge in [0.15, 0.2) is 0 Å². The minimum absolute atomic E-state index is 0.152. The van der Waals surface area contributed by atoms with Crippen LogP contribution in [0.25, 0.3) is 10.9 Å². The molecule has 0 saturated heterocycles. The molecule has 0 spiro atoms. The minimum Gasteiger partial charge on any atom is -0.493 e. The van der Waals surface area contributed by atoms with E-state index in [0.29, 0.717) is 29.5 Å². The molecule has 2 aromatic carbocycles. The Kier molecular flexibility index (Phi) is 4.50. The maximum Gasteiger partial charge on any atom is 0.329 e. The van der Waals surface area contributed by atoms with Crippen LogP contribution in [0, 0.1) is 0 Å². The third kappa shape index (κ3) is 3.09. The van der Waals surface area contributed by atoms with E-state index in [-0.39, 0.29) is 23.6 Å². The van der Waals surface area contributed by atoms with Crippen LogP contribution < -0.4 is 21.3 Å². The van der Waals surface area contributed by atoms with E-state index in [1.165, 1.54) is 4.57 Å². The van der Waals surface area contributed by atoms with Crippen molar-refractivity contribution < 1.29 is 9.53 Å². The Hall–Kier alpha value is -3.35. The molecule has 1 aromatic heterocycles. The Labute approximate surface area is 161 Å². The highest BCUT2D eigenvalue weighted by molar-refractivity contribution is 5.97. The van der Waals surface area contributed by atoms with E-state index in [0.717, 1.165) is 11.3 Å². The number of H-pyrrole nitrogens is 1. The van der Waals surface area contributed by atoms with E-state index in [2.05, 4.69) is 10.3 Å². The summed E-state index contributed by atoms with van der Waals surface area (Å²) in [5.74, 6) is 0.508.